The zero-order valence-corrected chi connectivity index (χ0v) is 13.3. The fourth-order valence-electron chi connectivity index (χ4n) is 1.33. The molecule has 1 N–H and O–H groups in total. The van der Waals surface area contributed by atoms with Crippen molar-refractivity contribution < 1.29 is 9.53 Å². The average Bonchev–Trinajstić information content (AvgIpc) is 2.27. The minimum atomic E-state index is -1.69. The molecule has 2 nitrogen and oxygen atoms in total. The second kappa shape index (κ2) is 4.47. The summed E-state index contributed by atoms with van der Waals surface area (Å²) in [6, 6.07) is 0. The Balaban J connectivity index is 2.65. The number of rotatable bonds is 2. The van der Waals surface area contributed by atoms with Crippen LogP contribution in [0.4, 0.5) is 0 Å². The molecule has 15 heavy (non-hydrogen) atoms. The maximum absolute atomic E-state index is 9.63. The zero-order chi connectivity index (χ0) is 11.9. The summed E-state index contributed by atoms with van der Waals surface area (Å²) in [5.74, 6) is 0. The van der Waals surface area contributed by atoms with Crippen LogP contribution in [0.2, 0.25) is 18.1 Å². The van der Waals surface area contributed by atoms with Crippen molar-refractivity contribution in [2.24, 2.45) is 0 Å². The molecule has 0 spiro atoms. The quantitative estimate of drug-likeness (QED) is 0.616. The molecule has 1 aliphatic rings. The van der Waals surface area contributed by atoms with Crippen molar-refractivity contribution in [2.45, 2.75) is 57.5 Å². The van der Waals surface area contributed by atoms with Gasteiger partial charge >= 0.3 is 0 Å². The van der Waals surface area contributed by atoms with Gasteiger partial charge in [0.05, 0.1) is 12.2 Å². The average molecular weight is 340 g/mol. The Labute approximate surface area is 107 Å². The van der Waals surface area contributed by atoms with Gasteiger partial charge in [0.25, 0.3) is 0 Å². The van der Waals surface area contributed by atoms with E-state index in [1.807, 2.05) is 0 Å². The van der Waals surface area contributed by atoms with Gasteiger partial charge in [-0.15, -0.1) is 0 Å². The van der Waals surface area contributed by atoms with E-state index in [2.05, 4.69) is 62.5 Å². The molecule has 1 aliphatic carbocycles. The van der Waals surface area contributed by atoms with Crippen LogP contribution >= 0.6 is 22.6 Å². The largest absolute Gasteiger partial charge is 0.410 e. The fraction of sp³-hybridized carbons (Fsp3) is 0.818. The Morgan fingerprint density at radius 3 is 2.33 bits per heavy atom. The van der Waals surface area contributed by atoms with E-state index in [1.54, 1.807) is 0 Å². The van der Waals surface area contributed by atoms with Gasteiger partial charge in [-0.3, -0.25) is 0 Å². The van der Waals surface area contributed by atoms with E-state index in [1.165, 1.54) is 0 Å². The second-order valence-corrected chi connectivity index (χ2v) is 11.7. The Morgan fingerprint density at radius 1 is 1.47 bits per heavy atom. The fourth-order valence-corrected chi connectivity index (χ4v) is 3.26. The molecule has 0 bridgehead atoms. The van der Waals surface area contributed by atoms with Crippen LogP contribution in [0, 0.1) is 0 Å². The lowest BCUT2D eigenvalue weighted by Gasteiger charge is -2.38. The molecule has 2 atom stereocenters. The maximum atomic E-state index is 9.63. The third-order valence-electron chi connectivity index (χ3n) is 3.37. The molecule has 0 unspecified atom stereocenters. The van der Waals surface area contributed by atoms with Gasteiger partial charge in [0.15, 0.2) is 8.32 Å². The Kier molecular flexibility index (Phi) is 4.07. The first-order valence-corrected chi connectivity index (χ1v) is 9.35. The van der Waals surface area contributed by atoms with Gasteiger partial charge < -0.3 is 9.53 Å². The van der Waals surface area contributed by atoms with Crippen molar-refractivity contribution in [2.75, 3.05) is 0 Å². The van der Waals surface area contributed by atoms with Gasteiger partial charge in [-0.1, -0.05) is 20.8 Å². The van der Waals surface area contributed by atoms with E-state index in [4.69, 9.17) is 4.43 Å². The summed E-state index contributed by atoms with van der Waals surface area (Å²) in [7, 11) is -1.69. The van der Waals surface area contributed by atoms with Crippen LogP contribution in [0.25, 0.3) is 0 Å². The van der Waals surface area contributed by atoms with Gasteiger partial charge in [-0.25, -0.2) is 0 Å². The minimum Gasteiger partial charge on any atom is -0.410 e. The topological polar surface area (TPSA) is 29.5 Å². The number of hydrogen-bond acceptors (Lipinski definition) is 2. The highest BCUT2D eigenvalue weighted by Gasteiger charge is 2.40. The standard InChI is InChI=1S/C11H21IO2Si/c1-11(2,3)15(4,5)14-8-6-9(12)10(13)7-8/h6,8,10,13H,7H2,1-5H3/t8-,10-/m0/s1. The van der Waals surface area contributed by atoms with Crippen molar-refractivity contribution in [1.82, 2.24) is 0 Å². The predicted molar refractivity (Wildman–Crippen MR) is 74.8 cm³/mol. The summed E-state index contributed by atoms with van der Waals surface area (Å²) in [6.45, 7) is 11.2. The van der Waals surface area contributed by atoms with Crippen molar-refractivity contribution >= 4 is 30.9 Å². The van der Waals surface area contributed by atoms with Gasteiger partial charge in [-0.05, 0) is 46.8 Å². The lowest BCUT2D eigenvalue weighted by molar-refractivity contribution is 0.155. The maximum Gasteiger partial charge on any atom is 0.192 e. The van der Waals surface area contributed by atoms with Gasteiger partial charge in [0.1, 0.15) is 0 Å². The summed E-state index contributed by atoms with van der Waals surface area (Å²) in [6.07, 6.45) is 2.60. The van der Waals surface area contributed by atoms with Crippen LogP contribution in [-0.4, -0.2) is 25.6 Å². The van der Waals surface area contributed by atoms with E-state index in [9.17, 15) is 5.11 Å². The molecule has 0 aromatic carbocycles. The SMILES string of the molecule is CC(C)(C)[Si](C)(C)O[C@H]1C=C(I)[C@@H](O)C1. The lowest BCUT2D eigenvalue weighted by atomic mass is 10.2. The monoisotopic (exact) mass is 340 g/mol. The highest BCUT2D eigenvalue weighted by molar-refractivity contribution is 14.1. The summed E-state index contributed by atoms with van der Waals surface area (Å²) < 4.78 is 7.23. The van der Waals surface area contributed by atoms with E-state index < -0.39 is 8.32 Å². The highest BCUT2D eigenvalue weighted by Crippen LogP contribution is 2.39. The summed E-state index contributed by atoms with van der Waals surface area (Å²) >= 11 is 2.19. The zero-order valence-electron chi connectivity index (χ0n) is 10.2. The van der Waals surface area contributed by atoms with Crippen molar-refractivity contribution in [1.29, 1.82) is 0 Å². The molecule has 0 saturated carbocycles. The van der Waals surface area contributed by atoms with E-state index in [-0.39, 0.29) is 17.2 Å². The van der Waals surface area contributed by atoms with E-state index >= 15 is 0 Å². The molecular weight excluding hydrogens is 319 g/mol. The molecule has 0 fully saturated rings. The summed E-state index contributed by atoms with van der Waals surface area (Å²) in [5, 5.41) is 9.86. The number of aliphatic hydroxyl groups excluding tert-OH is 1. The molecule has 1 rings (SSSR count). The molecule has 0 aliphatic heterocycles. The van der Waals surface area contributed by atoms with Crippen LogP contribution < -0.4 is 0 Å². The first kappa shape index (κ1) is 13.7. The minimum absolute atomic E-state index is 0.118. The Bertz CT molecular complexity index is 268. The molecule has 0 aromatic heterocycles. The molecule has 0 heterocycles. The molecule has 0 saturated heterocycles. The van der Waals surface area contributed by atoms with Gasteiger partial charge in [-0.2, -0.15) is 0 Å². The Hall–Kier alpha value is 0.607. The summed E-state index contributed by atoms with van der Waals surface area (Å²) in [4.78, 5) is 0. The van der Waals surface area contributed by atoms with Crippen LogP contribution in [0.1, 0.15) is 27.2 Å². The molecule has 88 valence electrons. The van der Waals surface area contributed by atoms with E-state index in [0.717, 1.165) is 10.0 Å². The normalized spacial score (nSPS) is 28.1. The third kappa shape index (κ3) is 3.28. The lowest BCUT2D eigenvalue weighted by Crippen LogP contribution is -2.43. The number of halogens is 1. The van der Waals surface area contributed by atoms with Gasteiger partial charge in [0, 0.05) is 10.0 Å². The molecular formula is C11H21IO2Si. The smallest absolute Gasteiger partial charge is 0.192 e. The Morgan fingerprint density at radius 2 is 2.00 bits per heavy atom. The van der Waals surface area contributed by atoms with Crippen LogP contribution in [-0.2, 0) is 4.43 Å². The predicted octanol–water partition coefficient (Wildman–Crippen LogP) is 3.46. The molecule has 0 aromatic rings. The molecule has 0 radical (unpaired) electrons. The van der Waals surface area contributed by atoms with E-state index in [0.29, 0.717) is 0 Å². The van der Waals surface area contributed by atoms with Gasteiger partial charge in [0.2, 0.25) is 0 Å². The van der Waals surface area contributed by atoms with Crippen molar-refractivity contribution in [3.63, 3.8) is 0 Å². The highest BCUT2D eigenvalue weighted by atomic mass is 127. The van der Waals surface area contributed by atoms with Crippen LogP contribution in [0.5, 0.6) is 0 Å². The van der Waals surface area contributed by atoms with Crippen molar-refractivity contribution in [3.05, 3.63) is 9.66 Å². The van der Waals surface area contributed by atoms with Crippen LogP contribution in [0.3, 0.4) is 0 Å². The molecule has 0 amide bonds. The first-order valence-electron chi connectivity index (χ1n) is 5.36. The van der Waals surface area contributed by atoms with Crippen molar-refractivity contribution in [3.8, 4) is 0 Å². The molecule has 4 heteroatoms. The number of aliphatic hydroxyl groups is 1. The number of hydrogen-bond donors (Lipinski definition) is 1. The summed E-state index contributed by atoms with van der Waals surface area (Å²) in [5.41, 5.74) is 0. The second-order valence-electron chi connectivity index (χ2n) is 5.72. The first-order chi connectivity index (χ1) is 6.63. The van der Waals surface area contributed by atoms with Crippen LogP contribution in [0.15, 0.2) is 9.66 Å². The third-order valence-corrected chi connectivity index (χ3v) is 8.95.